The lowest BCUT2D eigenvalue weighted by molar-refractivity contribution is -0.122. The van der Waals surface area contributed by atoms with Crippen LogP contribution in [0.25, 0.3) is 0 Å². The Bertz CT molecular complexity index is 807. The largest absolute Gasteiger partial charge is 0.469 e. The number of nitrogens with one attached hydrogen (secondary N) is 1. The van der Waals surface area contributed by atoms with Crippen LogP contribution in [0.3, 0.4) is 0 Å². The van der Waals surface area contributed by atoms with Crippen LogP contribution in [0, 0.1) is 13.8 Å². The molecule has 0 saturated carbocycles. The lowest BCUT2D eigenvalue weighted by Crippen LogP contribution is -2.32. The topological polar surface area (TPSA) is 55.1 Å². The van der Waals surface area contributed by atoms with Crippen molar-refractivity contribution >= 4 is 17.2 Å². The summed E-state index contributed by atoms with van der Waals surface area (Å²) in [5, 5.41) is 6.15. The van der Waals surface area contributed by atoms with Crippen LogP contribution >= 0.6 is 11.3 Å². The molecule has 4 nitrogen and oxygen atoms in total. The van der Waals surface area contributed by atoms with Crippen molar-refractivity contribution in [1.29, 1.82) is 0 Å². The molecule has 1 aromatic carbocycles. The number of hydrogen-bond acceptors (Lipinski definition) is 4. The molecule has 3 rings (SSSR count). The molecular weight excluding hydrogens is 332 g/mol. The van der Waals surface area contributed by atoms with E-state index >= 15 is 0 Å². The highest BCUT2D eigenvalue weighted by atomic mass is 32.1. The summed E-state index contributed by atoms with van der Waals surface area (Å²) >= 11 is 1.63. The normalized spacial score (nSPS) is 12.1. The number of hydrogen-bond donors (Lipinski definition) is 1. The van der Waals surface area contributed by atoms with Crippen molar-refractivity contribution in [2.45, 2.75) is 32.6 Å². The third kappa shape index (κ3) is 4.79. The standard InChI is InChI=1S/C20H22N2O2S/c1-14-5-7-16(8-6-14)19(12-18-4-3-11-24-18)20(23)21-10-9-17-13-25-15(2)22-17/h3-8,11,13,19H,9-10,12H2,1-2H3,(H,21,23). The number of furan rings is 1. The van der Waals surface area contributed by atoms with Gasteiger partial charge in [-0.2, -0.15) is 0 Å². The second-order valence-corrected chi connectivity index (χ2v) is 7.21. The summed E-state index contributed by atoms with van der Waals surface area (Å²) in [5.41, 5.74) is 3.21. The summed E-state index contributed by atoms with van der Waals surface area (Å²) in [7, 11) is 0. The van der Waals surface area contributed by atoms with E-state index < -0.39 is 0 Å². The number of rotatable bonds is 7. The molecule has 25 heavy (non-hydrogen) atoms. The van der Waals surface area contributed by atoms with Crippen LogP contribution in [0.2, 0.25) is 0 Å². The van der Waals surface area contributed by atoms with Crippen LogP contribution in [0.15, 0.2) is 52.5 Å². The molecule has 0 aliphatic rings. The van der Waals surface area contributed by atoms with Gasteiger partial charge < -0.3 is 9.73 Å². The van der Waals surface area contributed by atoms with E-state index in [0.717, 1.165) is 28.4 Å². The van der Waals surface area contributed by atoms with E-state index in [2.05, 4.69) is 10.3 Å². The number of thiazole rings is 1. The van der Waals surface area contributed by atoms with Crippen LogP contribution in [-0.4, -0.2) is 17.4 Å². The zero-order chi connectivity index (χ0) is 17.6. The predicted molar refractivity (Wildman–Crippen MR) is 99.9 cm³/mol. The van der Waals surface area contributed by atoms with Gasteiger partial charge >= 0.3 is 0 Å². The Morgan fingerprint density at radius 3 is 2.68 bits per heavy atom. The van der Waals surface area contributed by atoms with Crippen molar-refractivity contribution in [2.24, 2.45) is 0 Å². The lowest BCUT2D eigenvalue weighted by Gasteiger charge is -2.16. The molecule has 3 aromatic rings. The van der Waals surface area contributed by atoms with Crippen LogP contribution in [0.4, 0.5) is 0 Å². The Balaban J connectivity index is 1.66. The molecule has 5 heteroatoms. The molecule has 130 valence electrons. The fraction of sp³-hybridized carbons (Fsp3) is 0.300. The molecule has 1 N–H and O–H groups in total. The minimum atomic E-state index is -0.260. The van der Waals surface area contributed by atoms with E-state index in [4.69, 9.17) is 4.42 Å². The molecule has 0 aliphatic carbocycles. The molecule has 0 spiro atoms. The van der Waals surface area contributed by atoms with Gasteiger partial charge in [0.25, 0.3) is 0 Å². The number of aromatic nitrogens is 1. The second kappa shape index (κ2) is 8.12. The van der Waals surface area contributed by atoms with Crippen molar-refractivity contribution in [3.63, 3.8) is 0 Å². The fourth-order valence-electron chi connectivity index (χ4n) is 2.75. The summed E-state index contributed by atoms with van der Waals surface area (Å²) in [6.45, 7) is 4.62. The molecule has 2 aromatic heterocycles. The first kappa shape index (κ1) is 17.4. The van der Waals surface area contributed by atoms with Gasteiger partial charge in [-0.05, 0) is 31.5 Å². The molecule has 1 amide bonds. The molecule has 0 saturated heterocycles. The maximum absolute atomic E-state index is 12.8. The smallest absolute Gasteiger partial charge is 0.228 e. The van der Waals surface area contributed by atoms with Gasteiger partial charge in [-0.15, -0.1) is 11.3 Å². The molecule has 0 bridgehead atoms. The van der Waals surface area contributed by atoms with Gasteiger partial charge in [0.05, 0.1) is 22.9 Å². The monoisotopic (exact) mass is 354 g/mol. The first-order chi connectivity index (χ1) is 12.1. The third-order valence-corrected chi connectivity index (χ3v) is 4.95. The lowest BCUT2D eigenvalue weighted by atomic mass is 9.93. The van der Waals surface area contributed by atoms with Gasteiger partial charge in [0.2, 0.25) is 5.91 Å². The second-order valence-electron chi connectivity index (χ2n) is 6.15. The first-order valence-electron chi connectivity index (χ1n) is 8.39. The molecule has 2 heterocycles. The summed E-state index contributed by atoms with van der Waals surface area (Å²) in [6.07, 6.45) is 2.94. The van der Waals surface area contributed by atoms with Crippen molar-refractivity contribution in [3.8, 4) is 0 Å². The van der Waals surface area contributed by atoms with Crippen molar-refractivity contribution in [1.82, 2.24) is 10.3 Å². The summed E-state index contributed by atoms with van der Waals surface area (Å²) < 4.78 is 5.45. The number of aryl methyl sites for hydroxylation is 2. The van der Waals surface area contributed by atoms with Crippen molar-refractivity contribution in [2.75, 3.05) is 6.54 Å². The van der Waals surface area contributed by atoms with Crippen LogP contribution in [0.5, 0.6) is 0 Å². The van der Waals surface area contributed by atoms with Gasteiger partial charge in [0, 0.05) is 24.8 Å². The summed E-state index contributed by atoms with van der Waals surface area (Å²) in [4.78, 5) is 17.2. The van der Waals surface area contributed by atoms with Gasteiger partial charge in [0.1, 0.15) is 5.76 Å². The molecule has 0 fully saturated rings. The summed E-state index contributed by atoms with van der Waals surface area (Å²) in [5.74, 6) is 0.576. The highest BCUT2D eigenvalue weighted by Crippen LogP contribution is 2.22. The Kier molecular flexibility index (Phi) is 5.66. The molecule has 1 unspecified atom stereocenters. The SMILES string of the molecule is Cc1ccc(C(Cc2ccco2)C(=O)NCCc2csc(C)n2)cc1. The van der Waals surface area contributed by atoms with Gasteiger partial charge in [-0.3, -0.25) is 4.79 Å². The van der Waals surface area contributed by atoms with Gasteiger partial charge in [-0.1, -0.05) is 29.8 Å². The number of nitrogens with zero attached hydrogens (tertiary/aromatic N) is 1. The minimum Gasteiger partial charge on any atom is -0.469 e. The molecular formula is C20H22N2O2S. The van der Waals surface area contributed by atoms with Crippen LogP contribution in [-0.2, 0) is 17.6 Å². The molecule has 0 radical (unpaired) electrons. The fourth-order valence-corrected chi connectivity index (χ4v) is 3.40. The zero-order valence-corrected chi connectivity index (χ0v) is 15.3. The third-order valence-electron chi connectivity index (χ3n) is 4.13. The van der Waals surface area contributed by atoms with E-state index in [-0.39, 0.29) is 11.8 Å². The number of benzene rings is 1. The quantitative estimate of drug-likeness (QED) is 0.697. The minimum absolute atomic E-state index is 0.0206. The van der Waals surface area contributed by atoms with Gasteiger partial charge in [0.15, 0.2) is 0 Å². The van der Waals surface area contributed by atoms with E-state index in [1.807, 2.05) is 55.6 Å². The number of amides is 1. The van der Waals surface area contributed by atoms with Crippen LogP contribution < -0.4 is 5.32 Å². The maximum Gasteiger partial charge on any atom is 0.228 e. The van der Waals surface area contributed by atoms with E-state index in [9.17, 15) is 4.79 Å². The van der Waals surface area contributed by atoms with Gasteiger partial charge in [-0.25, -0.2) is 4.98 Å². The highest BCUT2D eigenvalue weighted by Gasteiger charge is 2.22. The Morgan fingerprint density at radius 2 is 2.04 bits per heavy atom. The molecule has 1 atom stereocenters. The van der Waals surface area contributed by atoms with Crippen molar-refractivity contribution in [3.05, 3.63) is 75.6 Å². The first-order valence-corrected chi connectivity index (χ1v) is 9.27. The Hall–Kier alpha value is -2.40. The van der Waals surface area contributed by atoms with Crippen LogP contribution in [0.1, 0.15) is 33.5 Å². The van der Waals surface area contributed by atoms with E-state index in [1.165, 1.54) is 5.56 Å². The number of carbonyl (C=O) groups excluding carboxylic acids is 1. The van der Waals surface area contributed by atoms with Crippen molar-refractivity contribution < 1.29 is 9.21 Å². The predicted octanol–water partition coefficient (Wildman–Crippen LogP) is 4.04. The zero-order valence-electron chi connectivity index (χ0n) is 14.5. The number of carbonyl (C=O) groups is 1. The average molecular weight is 354 g/mol. The summed E-state index contributed by atoms with van der Waals surface area (Å²) in [6, 6.07) is 11.9. The average Bonchev–Trinajstić information content (AvgIpc) is 3.25. The van der Waals surface area contributed by atoms with E-state index in [0.29, 0.717) is 13.0 Å². The Labute approximate surface area is 151 Å². The molecule has 0 aliphatic heterocycles. The maximum atomic E-state index is 12.8. The van der Waals surface area contributed by atoms with E-state index in [1.54, 1.807) is 17.6 Å². The Morgan fingerprint density at radius 1 is 1.24 bits per heavy atom. The highest BCUT2D eigenvalue weighted by molar-refractivity contribution is 7.09.